The number of carbonyl (C=O) groups excluding carboxylic acids is 1. The van der Waals surface area contributed by atoms with Crippen LogP contribution >= 0.6 is 0 Å². The fraction of sp³-hybridized carbons (Fsp3) is 0.444. The van der Waals surface area contributed by atoms with Gasteiger partial charge in [0, 0.05) is 18.3 Å². The van der Waals surface area contributed by atoms with Gasteiger partial charge < -0.3 is 19.3 Å². The summed E-state index contributed by atoms with van der Waals surface area (Å²) < 4.78 is 12.8. The molecule has 0 aliphatic carbocycles. The Kier molecular flexibility index (Phi) is 4.09. The van der Waals surface area contributed by atoms with Crippen molar-refractivity contribution in [3.05, 3.63) is 41.7 Å². The van der Waals surface area contributed by atoms with Gasteiger partial charge in [0.15, 0.2) is 11.5 Å². The molecule has 2 aromatic rings. The van der Waals surface area contributed by atoms with Gasteiger partial charge in [0.2, 0.25) is 6.79 Å². The first-order chi connectivity index (χ1) is 12.1. The lowest BCUT2D eigenvalue weighted by molar-refractivity contribution is 0.0659. The fourth-order valence-electron chi connectivity index (χ4n) is 3.38. The molecule has 4 rings (SSSR count). The van der Waals surface area contributed by atoms with Gasteiger partial charge in [0.25, 0.3) is 5.91 Å². The first-order valence-corrected chi connectivity index (χ1v) is 8.48. The smallest absolute Gasteiger partial charge is 0.254 e. The monoisotopic (exact) mass is 342 g/mol. The molecule has 3 heterocycles. The maximum absolute atomic E-state index is 13.0. The molecule has 0 radical (unpaired) electrons. The Hall–Kier alpha value is -2.54. The van der Waals surface area contributed by atoms with Crippen LogP contribution in [0.25, 0.3) is 0 Å². The van der Waals surface area contributed by atoms with E-state index in [2.05, 4.69) is 28.8 Å². The van der Waals surface area contributed by atoms with E-state index in [0.717, 1.165) is 18.7 Å². The molecular weight excluding hydrogens is 320 g/mol. The maximum atomic E-state index is 13.0. The van der Waals surface area contributed by atoms with Crippen molar-refractivity contribution in [2.45, 2.75) is 19.0 Å². The predicted molar refractivity (Wildman–Crippen MR) is 91.7 cm³/mol. The number of hydrogen-bond donors (Lipinski definition) is 0. The molecule has 1 aromatic heterocycles. The number of hydrogen-bond acceptors (Lipinski definition) is 5. The number of carbonyl (C=O) groups is 1. The summed E-state index contributed by atoms with van der Waals surface area (Å²) in [5, 5.41) is 4.45. The number of nitrogens with zero attached hydrogens (tertiary/aromatic N) is 4. The molecular formula is C18H22N4O3. The Morgan fingerprint density at radius 2 is 2.12 bits per heavy atom. The Labute approximate surface area is 146 Å². The Morgan fingerprint density at radius 1 is 1.28 bits per heavy atom. The lowest BCUT2D eigenvalue weighted by Gasteiger charge is -2.34. The van der Waals surface area contributed by atoms with Crippen molar-refractivity contribution >= 4 is 5.91 Å². The zero-order valence-electron chi connectivity index (χ0n) is 14.5. The van der Waals surface area contributed by atoms with Crippen molar-refractivity contribution in [1.82, 2.24) is 19.6 Å². The summed E-state index contributed by atoms with van der Waals surface area (Å²) >= 11 is 0. The lowest BCUT2D eigenvalue weighted by Crippen LogP contribution is -2.42. The summed E-state index contributed by atoms with van der Waals surface area (Å²) in [5.41, 5.74) is 1.70. The molecule has 7 heteroatoms. The van der Waals surface area contributed by atoms with Crippen LogP contribution in [0.4, 0.5) is 0 Å². The Morgan fingerprint density at radius 3 is 2.96 bits per heavy atom. The minimum Gasteiger partial charge on any atom is -0.454 e. The molecule has 0 saturated carbocycles. The third kappa shape index (κ3) is 3.07. The normalized spacial score (nSPS) is 18.5. The second-order valence-corrected chi connectivity index (χ2v) is 6.77. The van der Waals surface area contributed by atoms with Crippen LogP contribution in [-0.2, 0) is 6.54 Å². The number of aromatic nitrogens is 2. The van der Waals surface area contributed by atoms with Gasteiger partial charge in [-0.15, -0.1) is 0 Å². The first kappa shape index (κ1) is 16.0. The number of amides is 1. The van der Waals surface area contributed by atoms with Crippen LogP contribution in [0.15, 0.2) is 30.5 Å². The van der Waals surface area contributed by atoms with E-state index >= 15 is 0 Å². The number of fused-ring (bicyclic) bond motifs is 2. The van der Waals surface area contributed by atoms with Gasteiger partial charge >= 0.3 is 0 Å². The van der Waals surface area contributed by atoms with E-state index in [1.54, 1.807) is 18.2 Å². The van der Waals surface area contributed by atoms with E-state index in [0.29, 0.717) is 30.2 Å². The van der Waals surface area contributed by atoms with E-state index in [4.69, 9.17) is 9.47 Å². The number of ether oxygens (including phenoxy) is 2. The van der Waals surface area contributed by atoms with Gasteiger partial charge in [-0.1, -0.05) is 0 Å². The van der Waals surface area contributed by atoms with E-state index in [1.807, 2.05) is 17.2 Å². The Bertz CT molecular complexity index is 786. The third-order valence-corrected chi connectivity index (χ3v) is 4.70. The summed E-state index contributed by atoms with van der Waals surface area (Å²) in [6, 6.07) is 7.55. The number of benzene rings is 1. The summed E-state index contributed by atoms with van der Waals surface area (Å²) in [6.45, 7) is 2.40. The van der Waals surface area contributed by atoms with Crippen molar-refractivity contribution in [2.24, 2.45) is 0 Å². The summed E-state index contributed by atoms with van der Waals surface area (Å²) in [6.07, 6.45) is 2.76. The zero-order chi connectivity index (χ0) is 17.4. The van der Waals surface area contributed by atoms with Crippen molar-refractivity contribution < 1.29 is 14.3 Å². The zero-order valence-corrected chi connectivity index (χ0v) is 14.5. The lowest BCUT2D eigenvalue weighted by atomic mass is 10.1. The highest BCUT2D eigenvalue weighted by Gasteiger charge is 2.29. The molecule has 132 valence electrons. The minimum absolute atomic E-state index is 0.0144. The molecule has 1 aromatic carbocycles. The van der Waals surface area contributed by atoms with Gasteiger partial charge in [-0.2, -0.15) is 5.10 Å². The molecule has 0 fully saturated rings. The van der Waals surface area contributed by atoms with E-state index in [1.165, 1.54) is 0 Å². The van der Waals surface area contributed by atoms with Gasteiger partial charge in [-0.3, -0.25) is 9.48 Å². The van der Waals surface area contributed by atoms with Crippen LogP contribution in [0.1, 0.15) is 28.5 Å². The Balaban J connectivity index is 1.55. The van der Waals surface area contributed by atoms with E-state index < -0.39 is 0 Å². The SMILES string of the molecule is CN(C)CC[C@H]1CN(C(=O)c2ccc3c(c2)OCO3)Cc2ccnn21. The fourth-order valence-corrected chi connectivity index (χ4v) is 3.38. The maximum Gasteiger partial charge on any atom is 0.254 e. The first-order valence-electron chi connectivity index (χ1n) is 8.48. The highest BCUT2D eigenvalue weighted by atomic mass is 16.7. The molecule has 0 bridgehead atoms. The van der Waals surface area contributed by atoms with Crippen LogP contribution in [-0.4, -0.2) is 59.5 Å². The summed E-state index contributed by atoms with van der Waals surface area (Å²) in [4.78, 5) is 17.1. The quantitative estimate of drug-likeness (QED) is 0.847. The van der Waals surface area contributed by atoms with E-state index in [9.17, 15) is 4.79 Å². The van der Waals surface area contributed by atoms with Crippen LogP contribution in [0.2, 0.25) is 0 Å². The highest BCUT2D eigenvalue weighted by Crippen LogP contribution is 2.33. The van der Waals surface area contributed by atoms with Crippen molar-refractivity contribution in [3.63, 3.8) is 0 Å². The standard InChI is InChI=1S/C18H22N4O3/c1-20(2)8-6-15-11-21(10-14-5-7-19-22(14)15)18(23)13-3-4-16-17(9-13)25-12-24-16/h3-5,7,9,15H,6,8,10-12H2,1-2H3/t15-/m0/s1. The molecule has 0 unspecified atom stereocenters. The molecule has 7 nitrogen and oxygen atoms in total. The average Bonchev–Trinajstić information content (AvgIpc) is 3.26. The van der Waals surface area contributed by atoms with Crippen LogP contribution in [0, 0.1) is 0 Å². The van der Waals surface area contributed by atoms with Crippen molar-refractivity contribution in [2.75, 3.05) is 34.0 Å². The summed E-state index contributed by atoms with van der Waals surface area (Å²) in [7, 11) is 4.12. The van der Waals surface area contributed by atoms with Crippen LogP contribution < -0.4 is 9.47 Å². The van der Waals surface area contributed by atoms with Crippen LogP contribution in [0.5, 0.6) is 11.5 Å². The molecule has 2 aliphatic rings. The van der Waals surface area contributed by atoms with Gasteiger partial charge in [-0.05, 0) is 51.3 Å². The topological polar surface area (TPSA) is 59.8 Å². The molecule has 2 aliphatic heterocycles. The largest absolute Gasteiger partial charge is 0.454 e. The van der Waals surface area contributed by atoms with Crippen LogP contribution in [0.3, 0.4) is 0 Å². The molecule has 0 spiro atoms. The van der Waals surface area contributed by atoms with Gasteiger partial charge in [0.1, 0.15) is 0 Å². The molecule has 1 amide bonds. The molecule has 1 atom stereocenters. The minimum atomic E-state index is 0.0144. The second kappa shape index (κ2) is 6.40. The molecule has 0 saturated heterocycles. The third-order valence-electron chi connectivity index (χ3n) is 4.70. The van der Waals surface area contributed by atoms with E-state index in [-0.39, 0.29) is 18.7 Å². The van der Waals surface area contributed by atoms with Gasteiger partial charge in [0.05, 0.1) is 18.3 Å². The van der Waals surface area contributed by atoms with Crippen molar-refractivity contribution in [1.29, 1.82) is 0 Å². The summed E-state index contributed by atoms with van der Waals surface area (Å²) in [5.74, 6) is 1.34. The van der Waals surface area contributed by atoms with Gasteiger partial charge in [-0.25, -0.2) is 0 Å². The van der Waals surface area contributed by atoms with Crippen molar-refractivity contribution in [3.8, 4) is 11.5 Å². The average molecular weight is 342 g/mol. The number of rotatable bonds is 4. The molecule has 25 heavy (non-hydrogen) atoms. The molecule has 0 N–H and O–H groups in total. The highest BCUT2D eigenvalue weighted by molar-refractivity contribution is 5.95. The second-order valence-electron chi connectivity index (χ2n) is 6.77. The predicted octanol–water partition coefficient (Wildman–Crippen LogP) is 1.76.